The molecule has 0 aliphatic carbocycles. The third-order valence-electron chi connectivity index (χ3n) is 9.26. The molecule has 47 heavy (non-hydrogen) atoms. The van der Waals surface area contributed by atoms with Crippen LogP contribution in [0.3, 0.4) is 0 Å². The summed E-state index contributed by atoms with van der Waals surface area (Å²) in [5, 5.41) is 2.87. The molecule has 2 aromatic heterocycles. The SMILES string of the molecule is COc1ccc2c(c1)CC(Cc1ccc3c(c1)CCCN3C(=O)c1sc3ccccc3c1Cl)CN2C(=O)c1sc2ccccc2c1Cl. The standard InChI is InChI=1S/C38H30Cl2N2O3S2/c1-45-26-13-15-30-25(20-26)19-23(21-42(30)38(44)36-34(40)28-9-3-5-11-32(28)47-36)17-22-12-14-29-24(18-22)7-6-16-41(29)37(43)35-33(39)27-8-2-4-10-31(27)46-35/h2-5,8-15,18,20,23H,6-7,16-17,19,21H2,1H3. The number of nitrogens with zero attached hydrogens (tertiary/aromatic N) is 2. The van der Waals surface area contributed by atoms with Gasteiger partial charge >= 0.3 is 0 Å². The predicted octanol–water partition coefficient (Wildman–Crippen LogP) is 10.1. The average Bonchev–Trinajstić information content (AvgIpc) is 3.62. The molecule has 0 saturated heterocycles. The van der Waals surface area contributed by atoms with E-state index in [1.54, 1.807) is 7.11 Å². The summed E-state index contributed by atoms with van der Waals surface area (Å²) in [6, 6.07) is 28.2. The van der Waals surface area contributed by atoms with Crippen LogP contribution in [0.1, 0.15) is 42.5 Å². The fourth-order valence-corrected chi connectivity index (χ4v) is 9.97. The van der Waals surface area contributed by atoms with E-state index in [0.29, 0.717) is 32.9 Å². The van der Waals surface area contributed by atoms with Crippen molar-refractivity contribution in [3.63, 3.8) is 0 Å². The van der Waals surface area contributed by atoms with E-state index in [-0.39, 0.29) is 17.7 Å². The maximum Gasteiger partial charge on any atom is 0.269 e. The Bertz CT molecular complexity index is 2210. The van der Waals surface area contributed by atoms with Crippen molar-refractivity contribution in [3.8, 4) is 5.75 Å². The number of amides is 2. The first-order valence-corrected chi connectivity index (χ1v) is 18.0. The van der Waals surface area contributed by atoms with Crippen LogP contribution in [-0.2, 0) is 19.3 Å². The highest BCUT2D eigenvalue weighted by Gasteiger charge is 2.33. The lowest BCUT2D eigenvalue weighted by Crippen LogP contribution is -2.40. The summed E-state index contributed by atoms with van der Waals surface area (Å²) < 4.78 is 7.58. The number of thiophene rings is 2. The summed E-state index contributed by atoms with van der Waals surface area (Å²) in [6.45, 7) is 1.24. The van der Waals surface area contributed by atoms with Crippen molar-refractivity contribution < 1.29 is 14.3 Å². The van der Waals surface area contributed by atoms with E-state index in [1.165, 1.54) is 33.8 Å². The van der Waals surface area contributed by atoms with Gasteiger partial charge in [0.2, 0.25) is 0 Å². The van der Waals surface area contributed by atoms with Crippen LogP contribution in [0.4, 0.5) is 11.4 Å². The maximum atomic E-state index is 14.2. The third-order valence-corrected chi connectivity index (χ3v) is 12.6. The first-order chi connectivity index (χ1) is 22.9. The number of carbonyl (C=O) groups excluding carboxylic acids is 2. The number of carbonyl (C=O) groups is 2. The zero-order valence-corrected chi connectivity index (χ0v) is 28.7. The van der Waals surface area contributed by atoms with Crippen LogP contribution in [0.25, 0.3) is 20.2 Å². The summed E-state index contributed by atoms with van der Waals surface area (Å²) in [7, 11) is 1.66. The van der Waals surface area contributed by atoms with Crippen LogP contribution >= 0.6 is 45.9 Å². The second-order valence-corrected chi connectivity index (χ2v) is 15.1. The Hall–Kier alpha value is -3.88. The van der Waals surface area contributed by atoms with E-state index >= 15 is 0 Å². The zero-order chi connectivity index (χ0) is 32.2. The third kappa shape index (κ3) is 5.39. The Morgan fingerprint density at radius 1 is 0.787 bits per heavy atom. The molecule has 9 heteroatoms. The highest BCUT2D eigenvalue weighted by atomic mass is 35.5. The van der Waals surface area contributed by atoms with E-state index in [9.17, 15) is 9.59 Å². The summed E-state index contributed by atoms with van der Waals surface area (Å²) in [5.74, 6) is 0.834. The monoisotopic (exact) mass is 696 g/mol. The lowest BCUT2D eigenvalue weighted by molar-refractivity contribution is 0.0978. The van der Waals surface area contributed by atoms with Crippen LogP contribution < -0.4 is 14.5 Å². The lowest BCUT2D eigenvalue weighted by Gasteiger charge is -2.35. The highest BCUT2D eigenvalue weighted by Crippen LogP contribution is 2.41. The van der Waals surface area contributed by atoms with Gasteiger partial charge in [0, 0.05) is 44.6 Å². The number of methoxy groups -OCH3 is 1. The average molecular weight is 698 g/mol. The quantitative estimate of drug-likeness (QED) is 0.180. The van der Waals surface area contributed by atoms with Gasteiger partial charge in [-0.05, 0) is 84.7 Å². The van der Waals surface area contributed by atoms with Crippen LogP contribution in [0.2, 0.25) is 10.0 Å². The molecule has 0 saturated carbocycles. The number of ether oxygens (including phenoxy) is 1. The van der Waals surface area contributed by atoms with Crippen molar-refractivity contribution in [2.24, 2.45) is 5.92 Å². The Kier molecular flexibility index (Phi) is 7.96. The van der Waals surface area contributed by atoms with E-state index in [4.69, 9.17) is 27.9 Å². The molecule has 0 bridgehead atoms. The second kappa shape index (κ2) is 12.3. The summed E-state index contributed by atoms with van der Waals surface area (Å²) in [6.07, 6.45) is 3.42. The van der Waals surface area contributed by atoms with Gasteiger partial charge in [0.1, 0.15) is 15.5 Å². The fraction of sp³-hybridized carbons (Fsp3) is 0.211. The smallest absolute Gasteiger partial charge is 0.269 e. The Morgan fingerprint density at radius 2 is 1.40 bits per heavy atom. The predicted molar refractivity (Wildman–Crippen MR) is 196 cm³/mol. The van der Waals surface area contributed by atoms with Crippen LogP contribution in [-0.4, -0.2) is 32.0 Å². The fourth-order valence-electron chi connectivity index (χ4n) is 7.05. The van der Waals surface area contributed by atoms with Gasteiger partial charge in [-0.3, -0.25) is 9.59 Å². The molecule has 2 aliphatic rings. The molecule has 2 aliphatic heterocycles. The van der Waals surface area contributed by atoms with E-state index in [2.05, 4.69) is 18.2 Å². The van der Waals surface area contributed by atoms with Gasteiger partial charge < -0.3 is 14.5 Å². The van der Waals surface area contributed by atoms with Crippen molar-refractivity contribution in [3.05, 3.63) is 121 Å². The van der Waals surface area contributed by atoms with Gasteiger partial charge in [-0.2, -0.15) is 0 Å². The van der Waals surface area contributed by atoms with Gasteiger partial charge in [-0.15, -0.1) is 22.7 Å². The molecule has 4 heterocycles. The largest absolute Gasteiger partial charge is 0.497 e. The van der Waals surface area contributed by atoms with Gasteiger partial charge in [-0.1, -0.05) is 71.7 Å². The molecular formula is C38H30Cl2N2O3S2. The minimum atomic E-state index is -0.0770. The Labute approximate surface area is 290 Å². The molecule has 0 spiro atoms. The van der Waals surface area contributed by atoms with E-state index in [1.807, 2.05) is 76.5 Å². The van der Waals surface area contributed by atoms with E-state index < -0.39 is 0 Å². The summed E-state index contributed by atoms with van der Waals surface area (Å²) >= 11 is 16.4. The van der Waals surface area contributed by atoms with Gasteiger partial charge in [0.25, 0.3) is 11.8 Å². The first kappa shape index (κ1) is 30.5. The molecule has 0 N–H and O–H groups in total. The number of halogens is 2. The normalized spacial score (nSPS) is 15.9. The number of hydrogen-bond acceptors (Lipinski definition) is 5. The lowest BCUT2D eigenvalue weighted by atomic mass is 9.86. The molecule has 6 aromatic rings. The number of benzene rings is 4. The molecule has 5 nitrogen and oxygen atoms in total. The van der Waals surface area contributed by atoms with Gasteiger partial charge in [0.05, 0.1) is 17.2 Å². The molecule has 0 fully saturated rings. The number of aryl methyl sites for hydroxylation is 1. The minimum Gasteiger partial charge on any atom is -0.497 e. The molecular weight excluding hydrogens is 667 g/mol. The molecule has 2 amide bonds. The molecule has 1 atom stereocenters. The van der Waals surface area contributed by atoms with Crippen LogP contribution in [0, 0.1) is 5.92 Å². The molecule has 1 unspecified atom stereocenters. The Morgan fingerprint density at radius 3 is 2.06 bits per heavy atom. The summed E-state index contributed by atoms with van der Waals surface area (Å²) in [4.78, 5) is 32.9. The molecule has 4 aromatic carbocycles. The zero-order valence-electron chi connectivity index (χ0n) is 25.6. The van der Waals surface area contributed by atoms with Crippen molar-refractivity contribution in [2.75, 3.05) is 30.0 Å². The molecule has 8 rings (SSSR count). The Balaban J connectivity index is 1.08. The second-order valence-electron chi connectivity index (χ2n) is 12.2. The van der Waals surface area contributed by atoms with Gasteiger partial charge in [0.15, 0.2) is 0 Å². The number of anilines is 2. The first-order valence-electron chi connectivity index (χ1n) is 15.7. The van der Waals surface area contributed by atoms with Crippen molar-refractivity contribution in [2.45, 2.75) is 25.7 Å². The van der Waals surface area contributed by atoms with Crippen molar-refractivity contribution in [1.29, 1.82) is 0 Å². The van der Waals surface area contributed by atoms with Crippen molar-refractivity contribution in [1.82, 2.24) is 0 Å². The maximum absolute atomic E-state index is 14.2. The topological polar surface area (TPSA) is 49.9 Å². The molecule has 0 radical (unpaired) electrons. The molecule has 236 valence electrons. The highest BCUT2D eigenvalue weighted by molar-refractivity contribution is 7.22. The number of fused-ring (bicyclic) bond motifs is 4. The van der Waals surface area contributed by atoms with Crippen LogP contribution in [0.15, 0.2) is 84.9 Å². The summed E-state index contributed by atoms with van der Waals surface area (Å²) in [5.41, 5.74) is 5.30. The van der Waals surface area contributed by atoms with E-state index in [0.717, 1.165) is 68.5 Å². The number of hydrogen-bond donors (Lipinski definition) is 0. The minimum absolute atomic E-state index is 0.0446. The van der Waals surface area contributed by atoms with Gasteiger partial charge in [-0.25, -0.2) is 0 Å². The number of rotatable bonds is 5. The van der Waals surface area contributed by atoms with Crippen LogP contribution in [0.5, 0.6) is 5.75 Å². The van der Waals surface area contributed by atoms with Crippen molar-refractivity contribution >= 4 is 89.2 Å².